The second-order valence-corrected chi connectivity index (χ2v) is 10.5. The molecule has 0 bridgehead atoms. The minimum atomic E-state index is -4.16. The number of phenolic OH excluding ortho intramolecular Hbond substituents is 2. The molecule has 4 N–H and O–H groups in total. The summed E-state index contributed by atoms with van der Waals surface area (Å²) in [5.41, 5.74) is 2.26. The molecular formula is C28H24N2O6S. The Labute approximate surface area is 214 Å². The summed E-state index contributed by atoms with van der Waals surface area (Å²) >= 11 is 0. The van der Waals surface area contributed by atoms with Gasteiger partial charge in [0.05, 0.1) is 21.2 Å². The summed E-state index contributed by atoms with van der Waals surface area (Å²) in [6.45, 7) is 3.66. The second-order valence-electron chi connectivity index (χ2n) is 8.51. The van der Waals surface area contributed by atoms with E-state index in [1.54, 1.807) is 36.4 Å². The van der Waals surface area contributed by atoms with Gasteiger partial charge >= 0.3 is 0 Å². The van der Waals surface area contributed by atoms with Crippen molar-refractivity contribution in [2.24, 2.45) is 0 Å². The highest BCUT2D eigenvalue weighted by Gasteiger charge is 2.22. The molecule has 0 radical (unpaired) electrons. The maximum atomic E-state index is 13.4. The highest BCUT2D eigenvalue weighted by molar-refractivity contribution is 7.91. The van der Waals surface area contributed by atoms with Crippen molar-refractivity contribution < 1.29 is 28.2 Å². The van der Waals surface area contributed by atoms with Crippen LogP contribution in [0.5, 0.6) is 11.5 Å². The van der Waals surface area contributed by atoms with Gasteiger partial charge in [-0.2, -0.15) is 0 Å². The fourth-order valence-corrected chi connectivity index (χ4v) is 4.98. The highest BCUT2D eigenvalue weighted by atomic mass is 32.2. The van der Waals surface area contributed by atoms with E-state index in [-0.39, 0.29) is 32.7 Å². The number of aromatic hydroxyl groups is 2. The van der Waals surface area contributed by atoms with Crippen LogP contribution in [0.25, 0.3) is 0 Å². The van der Waals surface area contributed by atoms with Gasteiger partial charge in [0.15, 0.2) is 0 Å². The molecule has 0 aromatic heterocycles. The Bertz CT molecular complexity index is 1510. The Morgan fingerprint density at radius 1 is 0.622 bits per heavy atom. The zero-order valence-corrected chi connectivity index (χ0v) is 20.8. The number of amides is 2. The van der Waals surface area contributed by atoms with Crippen LogP contribution < -0.4 is 10.6 Å². The van der Waals surface area contributed by atoms with Crippen LogP contribution in [0.15, 0.2) is 94.7 Å². The van der Waals surface area contributed by atoms with E-state index < -0.39 is 21.7 Å². The van der Waals surface area contributed by atoms with Crippen molar-refractivity contribution in [1.29, 1.82) is 0 Å². The first-order valence-corrected chi connectivity index (χ1v) is 12.7. The number of anilines is 2. The van der Waals surface area contributed by atoms with Crippen LogP contribution in [0.4, 0.5) is 11.4 Å². The summed E-state index contributed by atoms with van der Waals surface area (Å²) in [7, 11) is -4.16. The molecule has 0 saturated carbocycles. The number of phenols is 2. The smallest absolute Gasteiger partial charge is 0.255 e. The fraction of sp³-hybridized carbons (Fsp3) is 0.0714. The number of sulfone groups is 1. The monoisotopic (exact) mass is 516 g/mol. The average molecular weight is 517 g/mol. The molecule has 9 heteroatoms. The number of benzene rings is 4. The van der Waals surface area contributed by atoms with Crippen LogP contribution in [-0.2, 0) is 9.84 Å². The van der Waals surface area contributed by atoms with Gasteiger partial charge in [0.25, 0.3) is 11.8 Å². The van der Waals surface area contributed by atoms with E-state index in [2.05, 4.69) is 10.6 Å². The van der Waals surface area contributed by atoms with Crippen molar-refractivity contribution in [3.8, 4) is 11.5 Å². The number of carbonyl (C=O) groups excluding carboxylic acids is 2. The third-order valence-corrected chi connectivity index (χ3v) is 7.36. The molecule has 4 aromatic rings. The summed E-state index contributed by atoms with van der Waals surface area (Å²) in [5.74, 6) is -1.65. The van der Waals surface area contributed by atoms with Crippen molar-refractivity contribution in [2.75, 3.05) is 10.6 Å². The normalized spacial score (nSPS) is 11.1. The van der Waals surface area contributed by atoms with Crippen molar-refractivity contribution in [1.82, 2.24) is 0 Å². The van der Waals surface area contributed by atoms with Crippen LogP contribution in [0.1, 0.15) is 31.8 Å². The third kappa shape index (κ3) is 5.62. The topological polar surface area (TPSA) is 133 Å². The molecule has 0 spiro atoms. The van der Waals surface area contributed by atoms with Crippen molar-refractivity contribution >= 4 is 33.0 Å². The van der Waals surface area contributed by atoms with Crippen LogP contribution >= 0.6 is 0 Å². The first-order chi connectivity index (χ1) is 17.5. The van der Waals surface area contributed by atoms with Crippen molar-refractivity contribution in [3.63, 3.8) is 0 Å². The van der Waals surface area contributed by atoms with Gasteiger partial charge in [-0.25, -0.2) is 8.42 Å². The van der Waals surface area contributed by atoms with Crippen molar-refractivity contribution in [3.05, 3.63) is 107 Å². The van der Waals surface area contributed by atoms with E-state index in [0.29, 0.717) is 11.1 Å². The number of hydrogen-bond acceptors (Lipinski definition) is 6. The quantitative estimate of drug-likeness (QED) is 0.265. The molecule has 0 atom stereocenters. The van der Waals surface area contributed by atoms with Gasteiger partial charge in [-0.3, -0.25) is 9.59 Å². The maximum absolute atomic E-state index is 13.4. The maximum Gasteiger partial charge on any atom is 0.255 e. The van der Waals surface area contributed by atoms with Gasteiger partial charge in [-0.05, 0) is 74.5 Å². The lowest BCUT2D eigenvalue weighted by molar-refractivity contribution is 0.101. The highest BCUT2D eigenvalue weighted by Crippen LogP contribution is 2.33. The molecule has 2 amide bonds. The van der Waals surface area contributed by atoms with E-state index in [1.807, 2.05) is 26.0 Å². The second kappa shape index (κ2) is 10.2. The van der Waals surface area contributed by atoms with Crippen LogP contribution in [0.3, 0.4) is 0 Å². The van der Waals surface area contributed by atoms with E-state index >= 15 is 0 Å². The van der Waals surface area contributed by atoms with Gasteiger partial charge in [0, 0.05) is 11.1 Å². The van der Waals surface area contributed by atoms with Gasteiger partial charge in [0.1, 0.15) is 11.5 Å². The molecule has 0 aliphatic heterocycles. The molecule has 0 saturated heterocycles. The number of rotatable bonds is 6. The summed E-state index contributed by atoms with van der Waals surface area (Å²) in [6.07, 6.45) is 0. The first-order valence-electron chi connectivity index (χ1n) is 11.2. The Balaban J connectivity index is 1.63. The Morgan fingerprint density at radius 2 is 1.03 bits per heavy atom. The van der Waals surface area contributed by atoms with E-state index in [0.717, 1.165) is 23.3 Å². The number of aryl methyl sites for hydroxylation is 2. The lowest BCUT2D eigenvalue weighted by Crippen LogP contribution is -2.13. The minimum absolute atomic E-state index is 0.0840. The molecule has 0 fully saturated rings. The zero-order chi connectivity index (χ0) is 26.7. The summed E-state index contributed by atoms with van der Waals surface area (Å²) in [4.78, 5) is 24.9. The van der Waals surface area contributed by atoms with Gasteiger partial charge in [0.2, 0.25) is 9.84 Å². The predicted molar refractivity (Wildman–Crippen MR) is 140 cm³/mol. The molecule has 37 heavy (non-hydrogen) atoms. The van der Waals surface area contributed by atoms with E-state index in [4.69, 9.17) is 0 Å². The number of nitrogens with one attached hydrogen (secondary N) is 2. The van der Waals surface area contributed by atoms with Crippen molar-refractivity contribution in [2.45, 2.75) is 23.6 Å². The predicted octanol–water partition coefficient (Wildman–Crippen LogP) is 5.05. The molecule has 0 aliphatic rings. The van der Waals surface area contributed by atoms with E-state index in [1.165, 1.54) is 24.3 Å². The molecule has 0 aliphatic carbocycles. The van der Waals surface area contributed by atoms with Crippen LogP contribution in [0.2, 0.25) is 0 Å². The standard InChI is InChI=1S/C28H24N2O6S/c1-17-5-3-7-19(13-17)27(33)29-23-15-21(9-11-25(23)31)37(35,36)22-10-12-26(32)24(16-22)30-28(34)20-8-4-6-18(2)14-20/h3-16,31-32H,1-2H3,(H,29,33)(H,30,34). The molecule has 0 unspecified atom stereocenters. The number of carbonyl (C=O) groups is 2. The summed E-state index contributed by atoms with van der Waals surface area (Å²) in [6, 6.07) is 20.6. The Kier molecular flexibility index (Phi) is 6.99. The Hall–Kier alpha value is -4.63. The van der Waals surface area contributed by atoms with Gasteiger partial charge in [-0.1, -0.05) is 35.4 Å². The Morgan fingerprint density at radius 3 is 1.41 bits per heavy atom. The number of hydrogen-bond donors (Lipinski definition) is 4. The van der Waals surface area contributed by atoms with Gasteiger partial charge in [-0.15, -0.1) is 0 Å². The fourth-order valence-electron chi connectivity index (χ4n) is 3.66. The summed E-state index contributed by atoms with van der Waals surface area (Å²) in [5, 5.41) is 25.6. The van der Waals surface area contributed by atoms with E-state index in [9.17, 15) is 28.2 Å². The van der Waals surface area contributed by atoms with Gasteiger partial charge < -0.3 is 20.8 Å². The third-order valence-electron chi connectivity index (χ3n) is 5.61. The molecule has 4 rings (SSSR count). The van der Waals surface area contributed by atoms with Crippen LogP contribution in [0, 0.1) is 13.8 Å². The summed E-state index contributed by atoms with van der Waals surface area (Å²) < 4.78 is 26.7. The zero-order valence-electron chi connectivity index (χ0n) is 20.0. The SMILES string of the molecule is Cc1cccc(C(=O)Nc2cc(S(=O)(=O)c3ccc(O)c(NC(=O)c4cccc(C)c4)c3)ccc2O)c1. The minimum Gasteiger partial charge on any atom is -0.506 e. The largest absolute Gasteiger partial charge is 0.506 e. The molecule has 188 valence electrons. The lowest BCUT2D eigenvalue weighted by atomic mass is 10.1. The lowest BCUT2D eigenvalue weighted by Gasteiger charge is -2.13. The first kappa shape index (κ1) is 25.5. The molecular weight excluding hydrogens is 492 g/mol. The molecule has 4 aromatic carbocycles. The molecule has 0 heterocycles. The van der Waals surface area contributed by atoms with Crippen LogP contribution in [-0.4, -0.2) is 30.4 Å². The average Bonchev–Trinajstić information content (AvgIpc) is 2.86. The molecule has 8 nitrogen and oxygen atoms in total.